The maximum atomic E-state index is 12.8. The molecule has 0 bridgehead atoms. The van der Waals surface area contributed by atoms with Crippen LogP contribution in [0.3, 0.4) is 0 Å². The van der Waals surface area contributed by atoms with Crippen molar-refractivity contribution in [3.05, 3.63) is 65.2 Å². The molecule has 0 aromatic heterocycles. The van der Waals surface area contributed by atoms with E-state index in [1.54, 1.807) is 12.1 Å². The largest absolute Gasteiger partial charge is 0.336 e. The maximum absolute atomic E-state index is 12.8. The van der Waals surface area contributed by atoms with Gasteiger partial charge in [0, 0.05) is 52.4 Å². The third-order valence-corrected chi connectivity index (χ3v) is 6.86. The van der Waals surface area contributed by atoms with Crippen LogP contribution in [0.5, 0.6) is 0 Å². The van der Waals surface area contributed by atoms with Gasteiger partial charge in [0.25, 0.3) is 5.91 Å². The molecule has 6 nitrogen and oxygen atoms in total. The number of hydrogen-bond donors (Lipinski definition) is 0. The van der Waals surface area contributed by atoms with Gasteiger partial charge in [-0.05, 0) is 36.8 Å². The minimum absolute atomic E-state index is 0.0518. The van der Waals surface area contributed by atoms with E-state index in [9.17, 15) is 13.2 Å². The van der Waals surface area contributed by atoms with Gasteiger partial charge in [0.1, 0.15) is 0 Å². The minimum Gasteiger partial charge on any atom is -0.336 e. The number of carbonyl (C=O) groups excluding carboxylic acids is 1. The van der Waals surface area contributed by atoms with Gasteiger partial charge in [-0.2, -0.15) is 0 Å². The standard InChI is InChI=1S/C21H27N3O3S/c1-17-5-4-6-18(15-17)16-23-11-13-24(14-12-23)21(25)19-7-9-20(10-8-19)28(26,27)22(2)3/h4-10,15H,11-14,16H2,1-3H3. The molecule has 2 aromatic rings. The van der Waals surface area contributed by atoms with E-state index < -0.39 is 10.0 Å². The molecule has 1 amide bonds. The van der Waals surface area contributed by atoms with Gasteiger partial charge in [0.05, 0.1) is 4.90 Å². The summed E-state index contributed by atoms with van der Waals surface area (Å²) >= 11 is 0. The fourth-order valence-electron chi connectivity index (χ4n) is 3.34. The highest BCUT2D eigenvalue weighted by Crippen LogP contribution is 2.16. The second kappa shape index (κ2) is 8.43. The summed E-state index contributed by atoms with van der Waals surface area (Å²) in [6.45, 7) is 5.97. The van der Waals surface area contributed by atoms with E-state index in [1.807, 2.05) is 4.90 Å². The predicted octanol–water partition coefficient (Wildman–Crippen LogP) is 2.20. The van der Waals surface area contributed by atoms with Crippen LogP contribution in [0.15, 0.2) is 53.4 Å². The summed E-state index contributed by atoms with van der Waals surface area (Å²) in [6, 6.07) is 14.7. The highest BCUT2D eigenvalue weighted by Gasteiger charge is 2.23. The van der Waals surface area contributed by atoms with Crippen LogP contribution in [0, 0.1) is 6.92 Å². The van der Waals surface area contributed by atoms with Crippen molar-refractivity contribution in [1.29, 1.82) is 0 Å². The molecule has 0 aliphatic carbocycles. The summed E-state index contributed by atoms with van der Waals surface area (Å²) in [7, 11) is -0.501. The van der Waals surface area contributed by atoms with E-state index in [2.05, 4.69) is 36.1 Å². The molecule has 150 valence electrons. The Labute approximate surface area is 167 Å². The number of benzene rings is 2. The van der Waals surface area contributed by atoms with Crippen LogP contribution in [0.1, 0.15) is 21.5 Å². The predicted molar refractivity (Wildman–Crippen MR) is 110 cm³/mol. The van der Waals surface area contributed by atoms with Crippen LogP contribution in [0.25, 0.3) is 0 Å². The van der Waals surface area contributed by atoms with E-state index in [0.717, 1.165) is 23.9 Å². The van der Waals surface area contributed by atoms with Crippen molar-refractivity contribution in [2.45, 2.75) is 18.4 Å². The van der Waals surface area contributed by atoms with Crippen LogP contribution in [0.2, 0.25) is 0 Å². The summed E-state index contributed by atoms with van der Waals surface area (Å²) in [5.74, 6) is -0.0518. The molecule has 0 saturated carbocycles. The molecule has 0 atom stereocenters. The Bertz CT molecular complexity index is 932. The van der Waals surface area contributed by atoms with Crippen LogP contribution < -0.4 is 0 Å². The molecule has 7 heteroatoms. The Morgan fingerprint density at radius 1 is 1.00 bits per heavy atom. The zero-order chi connectivity index (χ0) is 20.3. The van der Waals surface area contributed by atoms with Gasteiger partial charge in [-0.15, -0.1) is 0 Å². The van der Waals surface area contributed by atoms with E-state index in [0.29, 0.717) is 18.7 Å². The zero-order valence-corrected chi connectivity index (χ0v) is 17.4. The third-order valence-electron chi connectivity index (χ3n) is 5.03. The van der Waals surface area contributed by atoms with E-state index in [-0.39, 0.29) is 10.8 Å². The first-order valence-electron chi connectivity index (χ1n) is 9.37. The van der Waals surface area contributed by atoms with Crippen LogP contribution in [-0.2, 0) is 16.6 Å². The first-order chi connectivity index (χ1) is 13.3. The van der Waals surface area contributed by atoms with E-state index >= 15 is 0 Å². The van der Waals surface area contributed by atoms with Crippen LogP contribution in [0.4, 0.5) is 0 Å². The highest BCUT2D eigenvalue weighted by atomic mass is 32.2. The molecule has 0 unspecified atom stereocenters. The van der Waals surface area contributed by atoms with Crippen molar-refractivity contribution in [3.63, 3.8) is 0 Å². The summed E-state index contributed by atoms with van der Waals surface area (Å²) in [5.41, 5.74) is 3.06. The smallest absolute Gasteiger partial charge is 0.253 e. The van der Waals surface area contributed by atoms with Gasteiger partial charge in [-0.25, -0.2) is 12.7 Å². The molecule has 2 aromatic carbocycles. The van der Waals surface area contributed by atoms with Crippen LogP contribution in [-0.4, -0.2) is 68.7 Å². The molecule has 3 rings (SSSR count). The molecule has 1 heterocycles. The summed E-state index contributed by atoms with van der Waals surface area (Å²) in [6.07, 6.45) is 0. The number of nitrogens with zero attached hydrogens (tertiary/aromatic N) is 3. The van der Waals surface area contributed by atoms with E-state index in [4.69, 9.17) is 0 Å². The second-order valence-corrected chi connectivity index (χ2v) is 9.52. The van der Waals surface area contributed by atoms with Gasteiger partial charge >= 0.3 is 0 Å². The maximum Gasteiger partial charge on any atom is 0.253 e. The normalized spacial score (nSPS) is 15.8. The topological polar surface area (TPSA) is 60.9 Å². The lowest BCUT2D eigenvalue weighted by atomic mass is 10.1. The van der Waals surface area contributed by atoms with Crippen molar-refractivity contribution in [1.82, 2.24) is 14.1 Å². The average molecular weight is 402 g/mol. The molecular weight excluding hydrogens is 374 g/mol. The molecular formula is C21H27N3O3S. The number of amides is 1. The Morgan fingerprint density at radius 3 is 2.21 bits per heavy atom. The summed E-state index contributed by atoms with van der Waals surface area (Å²) in [5, 5.41) is 0. The summed E-state index contributed by atoms with van der Waals surface area (Å²) in [4.78, 5) is 17.1. The number of carbonyl (C=O) groups is 1. The Balaban J connectivity index is 1.59. The first-order valence-corrected chi connectivity index (χ1v) is 10.8. The lowest BCUT2D eigenvalue weighted by molar-refractivity contribution is 0.0628. The first kappa shape index (κ1) is 20.5. The van der Waals surface area contributed by atoms with Gasteiger partial charge in [0.2, 0.25) is 10.0 Å². The van der Waals surface area contributed by atoms with Crippen molar-refractivity contribution in [2.75, 3.05) is 40.3 Å². The number of rotatable bonds is 5. The van der Waals surface area contributed by atoms with Crippen molar-refractivity contribution in [2.24, 2.45) is 0 Å². The fraction of sp³-hybridized carbons (Fsp3) is 0.381. The lowest BCUT2D eigenvalue weighted by Crippen LogP contribution is -2.48. The van der Waals surface area contributed by atoms with Crippen LogP contribution >= 0.6 is 0 Å². The highest BCUT2D eigenvalue weighted by molar-refractivity contribution is 7.89. The Hall–Kier alpha value is -2.22. The molecule has 1 aliphatic rings. The number of hydrogen-bond acceptors (Lipinski definition) is 4. The third kappa shape index (κ3) is 4.60. The molecule has 1 saturated heterocycles. The number of piperazine rings is 1. The molecule has 1 fully saturated rings. The Morgan fingerprint density at radius 2 is 1.64 bits per heavy atom. The molecule has 1 aliphatic heterocycles. The van der Waals surface area contributed by atoms with Crippen molar-refractivity contribution >= 4 is 15.9 Å². The monoisotopic (exact) mass is 401 g/mol. The Kier molecular flexibility index (Phi) is 6.17. The zero-order valence-electron chi connectivity index (χ0n) is 16.6. The lowest BCUT2D eigenvalue weighted by Gasteiger charge is -2.34. The minimum atomic E-state index is -3.48. The molecule has 0 spiro atoms. The fourth-order valence-corrected chi connectivity index (χ4v) is 4.24. The number of sulfonamides is 1. The number of aryl methyl sites for hydroxylation is 1. The van der Waals surface area contributed by atoms with Gasteiger partial charge in [-0.1, -0.05) is 29.8 Å². The average Bonchev–Trinajstić information content (AvgIpc) is 2.68. The quantitative estimate of drug-likeness (QED) is 0.771. The second-order valence-electron chi connectivity index (χ2n) is 7.37. The van der Waals surface area contributed by atoms with Gasteiger partial charge in [-0.3, -0.25) is 9.69 Å². The van der Waals surface area contributed by atoms with E-state index in [1.165, 1.54) is 37.4 Å². The van der Waals surface area contributed by atoms with Crippen molar-refractivity contribution < 1.29 is 13.2 Å². The SMILES string of the molecule is Cc1cccc(CN2CCN(C(=O)c3ccc(S(=O)(=O)N(C)C)cc3)CC2)c1. The molecule has 28 heavy (non-hydrogen) atoms. The summed E-state index contributed by atoms with van der Waals surface area (Å²) < 4.78 is 25.5. The molecule has 0 N–H and O–H groups in total. The molecule has 0 radical (unpaired) electrons. The van der Waals surface area contributed by atoms with Gasteiger partial charge in [0.15, 0.2) is 0 Å². The van der Waals surface area contributed by atoms with Gasteiger partial charge < -0.3 is 4.90 Å². The van der Waals surface area contributed by atoms with Crippen molar-refractivity contribution in [3.8, 4) is 0 Å².